The average Bonchev–Trinajstić information content (AvgIpc) is 3.28. The zero-order valence-electron chi connectivity index (χ0n) is 12.0. The highest BCUT2D eigenvalue weighted by molar-refractivity contribution is 5.81. The summed E-state index contributed by atoms with van der Waals surface area (Å²) in [7, 11) is 0. The van der Waals surface area contributed by atoms with Crippen molar-refractivity contribution in [3.8, 4) is 0 Å². The zero-order valence-corrected chi connectivity index (χ0v) is 12.0. The van der Waals surface area contributed by atoms with Crippen LogP contribution in [-0.4, -0.2) is 32.9 Å². The third kappa shape index (κ3) is 2.61. The van der Waals surface area contributed by atoms with Gasteiger partial charge in [0.05, 0.1) is 17.2 Å². The van der Waals surface area contributed by atoms with Gasteiger partial charge in [0.15, 0.2) is 0 Å². The van der Waals surface area contributed by atoms with Gasteiger partial charge in [0.25, 0.3) is 5.56 Å². The van der Waals surface area contributed by atoms with E-state index in [1.807, 2.05) is 11.8 Å². The van der Waals surface area contributed by atoms with Crippen molar-refractivity contribution < 1.29 is 4.79 Å². The number of likely N-dealkylation sites (N-methyl/N-ethyl adjacent to an activating group) is 1. The summed E-state index contributed by atoms with van der Waals surface area (Å²) in [6, 6.07) is 5.36. The number of nitrogen functional groups attached to an aromatic ring is 1. The highest BCUT2D eigenvalue weighted by atomic mass is 16.2. The molecule has 0 saturated heterocycles. The second kappa shape index (κ2) is 5.20. The van der Waals surface area contributed by atoms with Crippen LogP contribution in [0.5, 0.6) is 0 Å². The maximum atomic E-state index is 12.4. The molecule has 21 heavy (non-hydrogen) atoms. The smallest absolute Gasteiger partial charge is 0.261 e. The van der Waals surface area contributed by atoms with Crippen LogP contribution >= 0.6 is 0 Å². The Kier molecular flexibility index (Phi) is 3.37. The van der Waals surface area contributed by atoms with E-state index in [0.29, 0.717) is 29.2 Å². The number of nitrogens with zero attached hydrogens (tertiary/aromatic N) is 3. The Hall–Kier alpha value is -2.37. The van der Waals surface area contributed by atoms with Crippen LogP contribution in [-0.2, 0) is 11.3 Å². The summed E-state index contributed by atoms with van der Waals surface area (Å²) in [6.45, 7) is 2.66. The summed E-state index contributed by atoms with van der Waals surface area (Å²) in [5.41, 5.74) is 6.58. The third-order valence-electron chi connectivity index (χ3n) is 3.80. The summed E-state index contributed by atoms with van der Waals surface area (Å²) < 4.78 is 1.36. The summed E-state index contributed by atoms with van der Waals surface area (Å²) >= 11 is 0. The number of hydrogen-bond acceptors (Lipinski definition) is 4. The second-order valence-corrected chi connectivity index (χ2v) is 5.37. The van der Waals surface area contributed by atoms with Crippen molar-refractivity contribution in [1.82, 2.24) is 14.5 Å². The number of hydrogen-bond donors (Lipinski definition) is 1. The average molecular weight is 286 g/mol. The number of aromatic nitrogens is 2. The van der Waals surface area contributed by atoms with Gasteiger partial charge in [-0.3, -0.25) is 14.2 Å². The van der Waals surface area contributed by atoms with Gasteiger partial charge in [0.1, 0.15) is 6.54 Å². The van der Waals surface area contributed by atoms with E-state index in [0.717, 1.165) is 12.8 Å². The molecule has 110 valence electrons. The van der Waals surface area contributed by atoms with E-state index < -0.39 is 0 Å². The van der Waals surface area contributed by atoms with Crippen molar-refractivity contribution >= 4 is 22.5 Å². The minimum Gasteiger partial charge on any atom is -0.399 e. The molecule has 1 amide bonds. The van der Waals surface area contributed by atoms with Crippen LogP contribution in [0.2, 0.25) is 0 Å². The third-order valence-corrected chi connectivity index (χ3v) is 3.80. The molecule has 1 heterocycles. The van der Waals surface area contributed by atoms with E-state index >= 15 is 0 Å². The van der Waals surface area contributed by atoms with Crippen molar-refractivity contribution in [2.24, 2.45) is 0 Å². The van der Waals surface area contributed by atoms with Crippen LogP contribution in [0.15, 0.2) is 29.3 Å². The first-order valence-corrected chi connectivity index (χ1v) is 7.14. The van der Waals surface area contributed by atoms with Gasteiger partial charge in [-0.2, -0.15) is 0 Å². The van der Waals surface area contributed by atoms with E-state index in [1.165, 1.54) is 10.9 Å². The van der Waals surface area contributed by atoms with Crippen molar-refractivity contribution in [2.45, 2.75) is 32.4 Å². The van der Waals surface area contributed by atoms with E-state index in [9.17, 15) is 9.59 Å². The largest absolute Gasteiger partial charge is 0.399 e. The molecule has 1 fully saturated rings. The minimum absolute atomic E-state index is 0.0287. The van der Waals surface area contributed by atoms with E-state index in [1.54, 1.807) is 18.2 Å². The standard InChI is InChI=1S/C15H18N4O2/c1-2-19(11-4-5-11)14(20)8-18-9-17-13-6-3-10(16)7-12(13)15(18)21/h3,6-7,9,11H,2,4-5,8,16H2,1H3. The van der Waals surface area contributed by atoms with Crippen LogP contribution in [0.3, 0.4) is 0 Å². The van der Waals surface area contributed by atoms with Gasteiger partial charge in [-0.15, -0.1) is 0 Å². The molecule has 0 aliphatic heterocycles. The van der Waals surface area contributed by atoms with Crippen molar-refractivity contribution in [2.75, 3.05) is 12.3 Å². The monoisotopic (exact) mass is 286 g/mol. The van der Waals surface area contributed by atoms with Gasteiger partial charge in [-0.05, 0) is 38.0 Å². The number of carbonyl (C=O) groups excluding carboxylic acids is 1. The van der Waals surface area contributed by atoms with Gasteiger partial charge < -0.3 is 10.6 Å². The molecular formula is C15H18N4O2. The van der Waals surface area contributed by atoms with E-state index in [2.05, 4.69) is 4.98 Å². The van der Waals surface area contributed by atoms with Gasteiger partial charge in [0.2, 0.25) is 5.91 Å². The van der Waals surface area contributed by atoms with Gasteiger partial charge in [-0.25, -0.2) is 4.98 Å². The van der Waals surface area contributed by atoms with Crippen molar-refractivity contribution in [3.05, 3.63) is 34.9 Å². The molecule has 0 atom stereocenters. The van der Waals surface area contributed by atoms with Crippen LogP contribution in [0.25, 0.3) is 10.9 Å². The molecule has 1 aromatic carbocycles. The first-order chi connectivity index (χ1) is 10.1. The fraction of sp³-hybridized carbons (Fsp3) is 0.400. The summed E-state index contributed by atoms with van der Waals surface area (Å²) in [5, 5.41) is 0.444. The van der Waals surface area contributed by atoms with Crippen LogP contribution in [0.4, 0.5) is 5.69 Å². The predicted molar refractivity (Wildman–Crippen MR) is 80.8 cm³/mol. The van der Waals surface area contributed by atoms with Gasteiger partial charge in [-0.1, -0.05) is 0 Å². The van der Waals surface area contributed by atoms with E-state index in [4.69, 9.17) is 5.73 Å². The lowest BCUT2D eigenvalue weighted by Gasteiger charge is -2.20. The maximum Gasteiger partial charge on any atom is 0.261 e. The number of carbonyl (C=O) groups is 1. The highest BCUT2D eigenvalue weighted by Gasteiger charge is 2.31. The lowest BCUT2D eigenvalue weighted by molar-refractivity contribution is -0.132. The SMILES string of the molecule is CCN(C(=O)Cn1cnc2ccc(N)cc2c1=O)C1CC1. The topological polar surface area (TPSA) is 81.2 Å². The Balaban J connectivity index is 1.92. The van der Waals surface area contributed by atoms with Gasteiger partial charge in [0, 0.05) is 18.3 Å². The number of fused-ring (bicyclic) bond motifs is 1. The molecule has 0 spiro atoms. The molecule has 2 N–H and O–H groups in total. The van der Waals surface area contributed by atoms with E-state index in [-0.39, 0.29) is 18.0 Å². The normalized spacial score (nSPS) is 14.3. The molecule has 0 unspecified atom stereocenters. The van der Waals surface area contributed by atoms with Crippen LogP contribution in [0.1, 0.15) is 19.8 Å². The number of rotatable bonds is 4. The van der Waals surface area contributed by atoms with Crippen LogP contribution < -0.4 is 11.3 Å². The Bertz CT molecular complexity index is 749. The molecule has 6 nitrogen and oxygen atoms in total. The van der Waals surface area contributed by atoms with Gasteiger partial charge >= 0.3 is 0 Å². The van der Waals surface area contributed by atoms with Crippen LogP contribution in [0, 0.1) is 0 Å². The Morgan fingerprint density at radius 2 is 2.24 bits per heavy atom. The Labute approximate surface area is 122 Å². The van der Waals surface area contributed by atoms with Crippen molar-refractivity contribution in [3.63, 3.8) is 0 Å². The number of amides is 1. The summed E-state index contributed by atoms with van der Waals surface area (Å²) in [5.74, 6) is -0.0350. The lowest BCUT2D eigenvalue weighted by atomic mass is 10.2. The molecule has 1 aliphatic carbocycles. The molecule has 6 heteroatoms. The summed E-state index contributed by atoms with van der Waals surface area (Å²) in [6.07, 6.45) is 3.54. The number of anilines is 1. The molecule has 2 aromatic rings. The first kappa shape index (κ1) is 13.6. The molecule has 1 aromatic heterocycles. The molecule has 0 radical (unpaired) electrons. The molecule has 1 saturated carbocycles. The minimum atomic E-state index is -0.229. The zero-order chi connectivity index (χ0) is 15.0. The first-order valence-electron chi connectivity index (χ1n) is 7.14. The molecule has 1 aliphatic rings. The van der Waals surface area contributed by atoms with Crippen molar-refractivity contribution in [1.29, 1.82) is 0 Å². The lowest BCUT2D eigenvalue weighted by Crippen LogP contribution is -2.37. The fourth-order valence-corrected chi connectivity index (χ4v) is 2.55. The Morgan fingerprint density at radius 1 is 1.48 bits per heavy atom. The number of benzene rings is 1. The second-order valence-electron chi connectivity index (χ2n) is 5.37. The Morgan fingerprint density at radius 3 is 2.90 bits per heavy atom. The molecule has 0 bridgehead atoms. The quantitative estimate of drug-likeness (QED) is 0.850. The molecule has 3 rings (SSSR count). The highest BCUT2D eigenvalue weighted by Crippen LogP contribution is 2.26. The predicted octanol–water partition coefficient (Wildman–Crippen LogP) is 0.990. The summed E-state index contributed by atoms with van der Waals surface area (Å²) in [4.78, 5) is 30.8. The molecular weight excluding hydrogens is 268 g/mol. The fourth-order valence-electron chi connectivity index (χ4n) is 2.55. The number of nitrogens with two attached hydrogens (primary N) is 1. The maximum absolute atomic E-state index is 12.4.